The number of halogens is 3. The summed E-state index contributed by atoms with van der Waals surface area (Å²) in [5, 5.41) is 0.995. The number of rotatable bonds is 6. The van der Waals surface area contributed by atoms with Gasteiger partial charge in [0.1, 0.15) is 41.4 Å². The molecule has 4 aromatic rings. The lowest BCUT2D eigenvalue weighted by molar-refractivity contribution is 0.107. The number of aromatic nitrogens is 3. The van der Waals surface area contributed by atoms with Crippen LogP contribution in [0.25, 0.3) is 32.9 Å². The highest BCUT2D eigenvalue weighted by Crippen LogP contribution is 2.42. The van der Waals surface area contributed by atoms with Crippen molar-refractivity contribution in [3.8, 4) is 35.4 Å². The van der Waals surface area contributed by atoms with E-state index in [1.807, 2.05) is 4.90 Å². The van der Waals surface area contributed by atoms with Crippen LogP contribution in [-0.2, 0) is 4.74 Å². The molecule has 5 heterocycles. The Balaban J connectivity index is 1.39. The fourth-order valence-electron chi connectivity index (χ4n) is 7.11. The molecule has 10 nitrogen and oxygen atoms in total. The predicted molar refractivity (Wildman–Crippen MR) is 174 cm³/mol. The smallest absolute Gasteiger partial charge is 0.414 e. The number of alkyl halides is 1. The summed E-state index contributed by atoms with van der Waals surface area (Å²) in [6, 6.07) is 5.58. The van der Waals surface area contributed by atoms with Crippen molar-refractivity contribution in [2.45, 2.75) is 37.4 Å². The van der Waals surface area contributed by atoms with Crippen LogP contribution in [0.3, 0.4) is 0 Å². The molecule has 0 aliphatic carbocycles. The van der Waals surface area contributed by atoms with E-state index < -0.39 is 29.4 Å². The van der Waals surface area contributed by atoms with Crippen molar-refractivity contribution in [2.75, 3.05) is 65.0 Å². The Hall–Kier alpha value is -4.67. The van der Waals surface area contributed by atoms with Crippen LogP contribution in [-0.4, -0.2) is 103 Å². The Bertz CT molecular complexity index is 1940. The molecule has 3 aliphatic heterocycles. The second-order valence-corrected chi connectivity index (χ2v) is 12.7. The van der Waals surface area contributed by atoms with Crippen molar-refractivity contribution in [1.82, 2.24) is 24.8 Å². The molecule has 3 fully saturated rings. The molecule has 48 heavy (non-hydrogen) atoms. The van der Waals surface area contributed by atoms with E-state index in [0.717, 1.165) is 25.8 Å². The molecule has 0 saturated carbocycles. The van der Waals surface area contributed by atoms with Gasteiger partial charge in [-0.3, -0.25) is 9.88 Å². The fourth-order valence-corrected chi connectivity index (χ4v) is 7.11. The van der Waals surface area contributed by atoms with Gasteiger partial charge in [0.2, 0.25) is 0 Å². The number of carbonyl (C=O) groups is 1. The van der Waals surface area contributed by atoms with E-state index in [9.17, 15) is 9.18 Å². The Morgan fingerprint density at radius 1 is 1.17 bits per heavy atom. The minimum Gasteiger partial charge on any atom is -0.461 e. The first-order valence-corrected chi connectivity index (χ1v) is 16.0. The number of terminal acetylenes is 1. The van der Waals surface area contributed by atoms with Crippen LogP contribution in [0.5, 0.6) is 11.8 Å². The summed E-state index contributed by atoms with van der Waals surface area (Å²) < 4.78 is 63.9. The molecule has 0 radical (unpaired) electrons. The first-order chi connectivity index (χ1) is 23.2. The summed E-state index contributed by atoms with van der Waals surface area (Å²) in [6.45, 7) is 3.46. The van der Waals surface area contributed by atoms with Gasteiger partial charge in [0, 0.05) is 63.9 Å². The molecule has 7 rings (SSSR count). The number of benzene rings is 2. The summed E-state index contributed by atoms with van der Waals surface area (Å²) in [6.07, 6.45) is 8.43. The van der Waals surface area contributed by atoms with E-state index >= 15 is 8.78 Å². The lowest BCUT2D eigenvalue weighted by Crippen LogP contribution is -2.43. The van der Waals surface area contributed by atoms with Gasteiger partial charge in [-0.2, -0.15) is 9.97 Å². The van der Waals surface area contributed by atoms with Crippen LogP contribution >= 0.6 is 0 Å². The van der Waals surface area contributed by atoms with Gasteiger partial charge in [0.25, 0.3) is 0 Å². The number of ether oxygens (including phenoxy) is 3. The first kappa shape index (κ1) is 31.9. The largest absolute Gasteiger partial charge is 0.461 e. The molecular weight excluding hydrogens is 625 g/mol. The Labute approximate surface area is 275 Å². The molecule has 13 heteroatoms. The molecule has 2 aromatic carbocycles. The quantitative estimate of drug-likeness (QED) is 0.254. The number of hydrogen-bond donors (Lipinski definition) is 0. The third-order valence-corrected chi connectivity index (χ3v) is 9.41. The van der Waals surface area contributed by atoms with Gasteiger partial charge in [-0.25, -0.2) is 18.0 Å². The zero-order valence-corrected chi connectivity index (χ0v) is 26.8. The molecule has 0 bridgehead atoms. The Kier molecular flexibility index (Phi) is 8.47. The molecule has 2 aromatic heterocycles. The van der Waals surface area contributed by atoms with E-state index in [4.69, 9.17) is 25.6 Å². The van der Waals surface area contributed by atoms with Gasteiger partial charge in [0.05, 0.1) is 23.1 Å². The number of hydrogen-bond acceptors (Lipinski definition) is 9. The molecular formula is C35H35F3N6O4. The van der Waals surface area contributed by atoms with Crippen LogP contribution in [0.15, 0.2) is 30.5 Å². The van der Waals surface area contributed by atoms with Crippen molar-refractivity contribution >= 4 is 33.6 Å². The molecule has 0 spiro atoms. The summed E-state index contributed by atoms with van der Waals surface area (Å²) >= 11 is 0. The van der Waals surface area contributed by atoms with Gasteiger partial charge in [0.15, 0.2) is 5.82 Å². The topological polar surface area (TPSA) is 93.2 Å². The van der Waals surface area contributed by atoms with E-state index in [2.05, 4.69) is 20.8 Å². The molecule has 250 valence electrons. The maximum absolute atomic E-state index is 17.0. The number of anilines is 1. The molecule has 0 N–H and O–H groups in total. The molecule has 1 amide bonds. The number of nitrogens with zero attached hydrogens (tertiary/aromatic N) is 6. The number of carbonyl (C=O) groups excluding carboxylic acids is 1. The minimum atomic E-state index is -0.939. The Morgan fingerprint density at radius 3 is 2.83 bits per heavy atom. The van der Waals surface area contributed by atoms with Crippen LogP contribution in [0, 0.1) is 24.0 Å². The standard InChI is InChI=1S/C35H35F3N6O4/c1-4-24-27(37)8-7-21-15-23(48-34(45)42(2)3)16-25(28(21)24)30-29(38)31-26(18-39-30)32(43-10-6-13-46-14-12-43)41-33(40-31)47-20-35-9-5-11-44(35)19-22(36)17-35/h1,7-8,15-16,18,22H,5-6,9-14,17,19-20H2,2-3H3/t22-,35+/m1/s1. The van der Waals surface area contributed by atoms with E-state index in [0.29, 0.717) is 55.9 Å². The summed E-state index contributed by atoms with van der Waals surface area (Å²) in [7, 11) is 3.06. The minimum absolute atomic E-state index is 0.0453. The van der Waals surface area contributed by atoms with Crippen molar-refractivity contribution in [1.29, 1.82) is 0 Å². The molecule has 3 aliphatic rings. The van der Waals surface area contributed by atoms with Gasteiger partial charge < -0.3 is 24.0 Å². The third-order valence-electron chi connectivity index (χ3n) is 9.41. The molecule has 2 atom stereocenters. The summed E-state index contributed by atoms with van der Waals surface area (Å²) in [5.41, 5.74) is -0.677. The highest BCUT2D eigenvalue weighted by atomic mass is 19.1. The maximum atomic E-state index is 17.0. The second-order valence-electron chi connectivity index (χ2n) is 12.7. The second kappa shape index (κ2) is 12.7. The number of pyridine rings is 1. The molecule has 0 unspecified atom stereocenters. The monoisotopic (exact) mass is 660 g/mol. The van der Waals surface area contributed by atoms with Crippen LogP contribution in [0.1, 0.15) is 31.2 Å². The third kappa shape index (κ3) is 5.73. The average molecular weight is 661 g/mol. The van der Waals surface area contributed by atoms with Crippen LogP contribution in [0.2, 0.25) is 0 Å². The molecule has 3 saturated heterocycles. The lowest BCUT2D eigenvalue weighted by atomic mass is 9.95. The fraction of sp³-hybridized carbons (Fsp3) is 0.429. The number of fused-ring (bicyclic) bond motifs is 3. The average Bonchev–Trinajstić information content (AvgIpc) is 3.45. The van der Waals surface area contributed by atoms with Gasteiger partial charge >= 0.3 is 12.1 Å². The van der Waals surface area contributed by atoms with Gasteiger partial charge in [-0.15, -0.1) is 6.42 Å². The highest BCUT2D eigenvalue weighted by molar-refractivity contribution is 6.03. The van der Waals surface area contributed by atoms with Gasteiger partial charge in [-0.05, 0) is 49.4 Å². The first-order valence-electron chi connectivity index (χ1n) is 16.0. The van der Waals surface area contributed by atoms with E-state index in [1.165, 1.54) is 49.5 Å². The zero-order valence-electron chi connectivity index (χ0n) is 26.8. The summed E-state index contributed by atoms with van der Waals surface area (Å²) in [5.74, 6) is 1.41. The maximum Gasteiger partial charge on any atom is 0.414 e. The normalized spacial score (nSPS) is 21.2. The van der Waals surface area contributed by atoms with Crippen molar-refractivity contribution < 1.29 is 32.2 Å². The predicted octanol–water partition coefficient (Wildman–Crippen LogP) is 5.35. The lowest BCUT2D eigenvalue weighted by Gasteiger charge is -2.31. The summed E-state index contributed by atoms with van der Waals surface area (Å²) in [4.78, 5) is 31.6. The van der Waals surface area contributed by atoms with E-state index in [-0.39, 0.29) is 46.1 Å². The highest BCUT2D eigenvalue weighted by Gasteiger charge is 2.49. The van der Waals surface area contributed by atoms with E-state index in [1.54, 1.807) is 0 Å². The van der Waals surface area contributed by atoms with Crippen molar-refractivity contribution in [2.24, 2.45) is 0 Å². The Morgan fingerprint density at radius 2 is 2.02 bits per heavy atom. The van der Waals surface area contributed by atoms with Crippen molar-refractivity contribution in [3.63, 3.8) is 0 Å². The van der Waals surface area contributed by atoms with Crippen LogP contribution in [0.4, 0.5) is 23.8 Å². The van der Waals surface area contributed by atoms with Crippen molar-refractivity contribution in [3.05, 3.63) is 47.7 Å². The van der Waals surface area contributed by atoms with Crippen LogP contribution < -0.4 is 14.4 Å². The zero-order chi connectivity index (χ0) is 33.6. The number of amides is 1. The van der Waals surface area contributed by atoms with Gasteiger partial charge in [-0.1, -0.05) is 12.0 Å². The SMILES string of the molecule is C#Cc1c(F)ccc2cc(OC(=O)N(C)C)cc(-c3ncc4c(N5CCCOCC5)nc(OC[C@@]56CCCN5C[C@H](F)C6)nc4c3F)c12.